The van der Waals surface area contributed by atoms with E-state index in [9.17, 15) is 72.5 Å². The first-order valence-electron chi connectivity index (χ1n) is 24.2. The standard InChI is InChI=1S/C46H70F2N12O14/c1-32(45(72)60-31-46(47,48)24-35(60)25-49)54-43(70)33-8-10-50-34(23-33)26-53-37(61)6-7-38(62)55-36(44(71)52-11-20-74-22-21-73-2)5-3-4-9-51-39(63)27-56-12-14-57(28-40(64)65)16-18-59(30-42(68)69)19-17-58(15-13-56)29-41(66)67/h8,10,23,32,35-36H,3-7,9,11-22,24,26-31H2,1-2H3,(H,51,63)(H,52,71)(H,53,61)(H,54,70)(H,55,62)(H,64,65)(H,66,67)(H,68,69)/t32?,35-,36?/m0/s1. The molecule has 2 aliphatic heterocycles. The molecule has 0 spiro atoms. The van der Waals surface area contributed by atoms with Crippen LogP contribution in [0.4, 0.5) is 8.78 Å². The molecule has 1 aromatic heterocycles. The molecule has 28 heteroatoms. The summed E-state index contributed by atoms with van der Waals surface area (Å²) in [5, 5.41) is 50.9. The Balaban J connectivity index is 1.51. The van der Waals surface area contributed by atoms with Gasteiger partial charge < -0.3 is 56.3 Å². The van der Waals surface area contributed by atoms with Gasteiger partial charge in [-0.2, -0.15) is 5.26 Å². The van der Waals surface area contributed by atoms with Crippen LogP contribution in [-0.2, 0) is 54.4 Å². The number of rotatable bonds is 29. The SMILES string of the molecule is COCCOCCNC(=O)C(CCCCNC(=O)CN1CCN(CC(=O)O)CCN(CC(=O)O)CCN(CC(=O)O)CC1)NC(=O)CCC(=O)NCc1cc(C(=O)NC(C)C(=O)N2CC(F)(F)C[C@H]2C#N)ccn1. The van der Waals surface area contributed by atoms with Crippen molar-refractivity contribution in [1.82, 2.24) is 56.1 Å². The molecular formula is C46H70F2N12O14. The van der Waals surface area contributed by atoms with E-state index in [2.05, 4.69) is 31.6 Å². The van der Waals surface area contributed by atoms with Gasteiger partial charge in [0.15, 0.2) is 0 Å². The lowest BCUT2D eigenvalue weighted by Crippen LogP contribution is -2.49. The van der Waals surface area contributed by atoms with Gasteiger partial charge in [-0.3, -0.25) is 67.7 Å². The summed E-state index contributed by atoms with van der Waals surface area (Å²) in [6, 6.07) is 0.793. The predicted molar refractivity (Wildman–Crippen MR) is 256 cm³/mol. The summed E-state index contributed by atoms with van der Waals surface area (Å²) in [5.41, 5.74) is 0.296. The fourth-order valence-corrected chi connectivity index (χ4v) is 7.87. The number of unbranched alkanes of at least 4 members (excludes halogenated alkanes) is 1. The van der Waals surface area contributed by atoms with E-state index >= 15 is 0 Å². The van der Waals surface area contributed by atoms with Crippen molar-refractivity contribution >= 4 is 53.4 Å². The molecule has 3 heterocycles. The van der Waals surface area contributed by atoms with Crippen molar-refractivity contribution in [3.8, 4) is 6.07 Å². The molecule has 74 heavy (non-hydrogen) atoms. The second-order valence-electron chi connectivity index (χ2n) is 17.8. The van der Waals surface area contributed by atoms with E-state index in [-0.39, 0.29) is 141 Å². The van der Waals surface area contributed by atoms with Gasteiger partial charge in [-0.1, -0.05) is 0 Å². The predicted octanol–water partition coefficient (Wildman–Crippen LogP) is -2.62. The maximum atomic E-state index is 13.9. The summed E-state index contributed by atoms with van der Waals surface area (Å²) in [5.74, 6) is -10.0. The lowest BCUT2D eigenvalue weighted by atomic mass is 10.1. The number of hydrogen-bond acceptors (Lipinski definition) is 17. The quantitative estimate of drug-likeness (QED) is 0.0381. The third-order valence-corrected chi connectivity index (χ3v) is 11.8. The summed E-state index contributed by atoms with van der Waals surface area (Å²) in [6.45, 7) is 2.29. The lowest BCUT2D eigenvalue weighted by molar-refractivity contribution is -0.140. The van der Waals surface area contributed by atoms with Gasteiger partial charge in [0.2, 0.25) is 29.5 Å². The monoisotopic (exact) mass is 1050 g/mol. The third-order valence-electron chi connectivity index (χ3n) is 11.8. The Bertz CT molecular complexity index is 2070. The second kappa shape index (κ2) is 32.6. The zero-order valence-electron chi connectivity index (χ0n) is 41.9. The number of carboxylic acid groups (broad SMARTS) is 3. The van der Waals surface area contributed by atoms with Gasteiger partial charge in [-0.15, -0.1) is 0 Å². The van der Waals surface area contributed by atoms with E-state index in [1.165, 1.54) is 32.4 Å². The molecule has 412 valence electrons. The zero-order chi connectivity index (χ0) is 54.6. The van der Waals surface area contributed by atoms with Crippen LogP contribution in [0, 0.1) is 11.3 Å². The molecule has 26 nitrogen and oxygen atoms in total. The summed E-state index contributed by atoms with van der Waals surface area (Å²) < 4.78 is 38.1. The Labute approximate surface area is 427 Å². The van der Waals surface area contributed by atoms with E-state index in [0.29, 0.717) is 26.1 Å². The van der Waals surface area contributed by atoms with Crippen LogP contribution in [0.15, 0.2) is 18.3 Å². The molecule has 2 fully saturated rings. The number of likely N-dealkylation sites (tertiary alicyclic amines) is 1. The number of methoxy groups -OCH3 is 1. The number of carbonyl (C=O) groups is 9. The van der Waals surface area contributed by atoms with Crippen molar-refractivity contribution in [2.24, 2.45) is 0 Å². The van der Waals surface area contributed by atoms with Crippen LogP contribution in [-0.4, -0.2) is 247 Å². The van der Waals surface area contributed by atoms with Crippen molar-refractivity contribution in [3.63, 3.8) is 0 Å². The minimum Gasteiger partial charge on any atom is -0.480 e. The van der Waals surface area contributed by atoms with Crippen molar-refractivity contribution in [1.29, 1.82) is 5.26 Å². The summed E-state index contributed by atoms with van der Waals surface area (Å²) in [4.78, 5) is 124. The highest BCUT2D eigenvalue weighted by molar-refractivity contribution is 5.97. The highest BCUT2D eigenvalue weighted by atomic mass is 19.3. The number of ether oxygens (including phenoxy) is 2. The summed E-state index contributed by atoms with van der Waals surface area (Å²) in [7, 11) is 1.52. The van der Waals surface area contributed by atoms with Crippen LogP contribution in [0.25, 0.3) is 0 Å². The fourth-order valence-electron chi connectivity index (χ4n) is 7.87. The first kappa shape index (κ1) is 61.8. The Morgan fingerprint density at radius 2 is 1.32 bits per heavy atom. The lowest BCUT2D eigenvalue weighted by Gasteiger charge is -2.32. The molecule has 0 aromatic carbocycles. The summed E-state index contributed by atoms with van der Waals surface area (Å²) in [6.07, 6.45) is 0.842. The Hall–Kier alpha value is -6.51. The molecule has 8 N–H and O–H groups in total. The number of hydrogen-bond donors (Lipinski definition) is 8. The van der Waals surface area contributed by atoms with Crippen molar-refractivity contribution in [3.05, 3.63) is 29.6 Å². The number of amides is 6. The molecule has 1 aromatic rings. The Morgan fingerprint density at radius 1 is 0.757 bits per heavy atom. The fraction of sp³-hybridized carbons (Fsp3) is 0.674. The molecule has 2 saturated heterocycles. The molecule has 0 bridgehead atoms. The minimum absolute atomic E-state index is 0.0515. The number of aromatic nitrogens is 1. The molecule has 2 unspecified atom stereocenters. The van der Waals surface area contributed by atoms with E-state index in [0.717, 1.165) is 4.90 Å². The highest BCUT2D eigenvalue weighted by Gasteiger charge is 2.48. The minimum atomic E-state index is -3.23. The number of aliphatic carboxylic acids is 3. The molecule has 0 saturated carbocycles. The number of nitrogens with zero attached hydrogens (tertiary/aromatic N) is 7. The Kier molecular flexibility index (Phi) is 27.2. The van der Waals surface area contributed by atoms with Gasteiger partial charge in [-0.05, 0) is 38.3 Å². The van der Waals surface area contributed by atoms with Crippen LogP contribution in [0.3, 0.4) is 0 Å². The highest BCUT2D eigenvalue weighted by Crippen LogP contribution is 2.32. The Morgan fingerprint density at radius 3 is 1.88 bits per heavy atom. The maximum Gasteiger partial charge on any atom is 0.317 e. The van der Waals surface area contributed by atoms with Crippen LogP contribution >= 0.6 is 0 Å². The van der Waals surface area contributed by atoms with Gasteiger partial charge in [0.05, 0.1) is 70.9 Å². The number of nitriles is 1. The van der Waals surface area contributed by atoms with E-state index in [4.69, 9.17) is 9.47 Å². The first-order chi connectivity index (χ1) is 35.2. The average molecular weight is 1050 g/mol. The molecule has 0 aliphatic carbocycles. The topological polar surface area (TPSA) is 346 Å². The summed E-state index contributed by atoms with van der Waals surface area (Å²) >= 11 is 0. The van der Waals surface area contributed by atoms with Crippen molar-refractivity contribution in [2.45, 2.75) is 76.0 Å². The number of alkyl halides is 2. The van der Waals surface area contributed by atoms with Gasteiger partial charge >= 0.3 is 17.9 Å². The molecule has 0 radical (unpaired) electrons. The number of pyridine rings is 1. The maximum absolute atomic E-state index is 13.9. The van der Waals surface area contributed by atoms with Gasteiger partial charge in [0, 0.05) is 104 Å². The average Bonchev–Trinajstić information content (AvgIpc) is 3.67. The number of carboxylic acids is 3. The molecule has 6 amide bonds. The normalized spacial score (nSPS) is 17.8. The first-order valence-corrected chi connectivity index (χ1v) is 24.2. The smallest absolute Gasteiger partial charge is 0.317 e. The van der Waals surface area contributed by atoms with E-state index in [1.54, 1.807) is 25.7 Å². The van der Waals surface area contributed by atoms with Gasteiger partial charge in [0.25, 0.3) is 11.8 Å². The van der Waals surface area contributed by atoms with E-state index in [1.807, 2.05) is 0 Å². The largest absolute Gasteiger partial charge is 0.480 e. The van der Waals surface area contributed by atoms with Crippen molar-refractivity contribution < 1.29 is 76.7 Å². The third kappa shape index (κ3) is 24.5. The number of nitrogens with one attached hydrogen (secondary N) is 5. The van der Waals surface area contributed by atoms with Crippen molar-refractivity contribution in [2.75, 3.05) is 125 Å². The van der Waals surface area contributed by atoms with Gasteiger partial charge in [-0.25, -0.2) is 8.78 Å². The van der Waals surface area contributed by atoms with Crippen LogP contribution in [0.1, 0.15) is 61.5 Å². The molecule has 2 aliphatic rings. The number of carbonyl (C=O) groups excluding carboxylic acids is 6. The number of halogens is 2. The molecule has 3 atom stereocenters. The zero-order valence-corrected chi connectivity index (χ0v) is 41.9. The second-order valence-corrected chi connectivity index (χ2v) is 17.8. The van der Waals surface area contributed by atoms with Crippen LogP contribution in [0.5, 0.6) is 0 Å². The molecule has 3 rings (SSSR count). The van der Waals surface area contributed by atoms with Gasteiger partial charge in [0.1, 0.15) is 18.1 Å². The van der Waals surface area contributed by atoms with Crippen LogP contribution in [0.2, 0.25) is 0 Å². The van der Waals surface area contributed by atoms with Crippen LogP contribution < -0.4 is 26.6 Å². The van der Waals surface area contributed by atoms with E-state index < -0.39 is 84.5 Å². The molecular weight excluding hydrogens is 983 g/mol.